The van der Waals surface area contributed by atoms with Crippen molar-refractivity contribution < 1.29 is 17.9 Å². The van der Waals surface area contributed by atoms with Gasteiger partial charge in [-0.25, -0.2) is 8.42 Å². The Hall–Kier alpha value is -2.05. The molecule has 7 heteroatoms. The molecule has 2 rings (SSSR count). The summed E-state index contributed by atoms with van der Waals surface area (Å²) in [6.45, 7) is 3.48. The van der Waals surface area contributed by atoms with Gasteiger partial charge in [-0.05, 0) is 55.8 Å². The van der Waals surface area contributed by atoms with Crippen LogP contribution < -0.4 is 10.1 Å². The number of carbonyl (C=O) groups is 1. The molecule has 1 N–H and O–H groups in total. The minimum Gasteiger partial charge on any atom is -0.481 e. The zero-order chi connectivity index (χ0) is 18.6. The van der Waals surface area contributed by atoms with Crippen molar-refractivity contribution in [3.63, 3.8) is 0 Å². The lowest BCUT2D eigenvalue weighted by atomic mass is 10.1. The molecule has 0 aliphatic heterocycles. The standard InChI is InChI=1S/C18H20ClNO4S/c1-12(14-4-10-17(11-5-14)25(3,22)23)20-18(21)13(2)24-16-8-6-15(19)7-9-16/h4-13H,1-3H3,(H,20,21)/t12-,13+/m1/s1. The largest absolute Gasteiger partial charge is 0.481 e. The van der Waals surface area contributed by atoms with E-state index in [9.17, 15) is 13.2 Å². The number of carbonyl (C=O) groups excluding carboxylic acids is 1. The van der Waals surface area contributed by atoms with E-state index in [1.807, 2.05) is 6.92 Å². The van der Waals surface area contributed by atoms with E-state index in [1.54, 1.807) is 43.3 Å². The van der Waals surface area contributed by atoms with Gasteiger partial charge in [-0.1, -0.05) is 23.7 Å². The van der Waals surface area contributed by atoms with Crippen LogP contribution in [-0.4, -0.2) is 26.7 Å². The van der Waals surface area contributed by atoms with Gasteiger partial charge in [0, 0.05) is 11.3 Å². The zero-order valence-corrected chi connectivity index (χ0v) is 15.8. The second-order valence-electron chi connectivity index (χ2n) is 5.79. The van der Waals surface area contributed by atoms with Crippen LogP contribution in [0.25, 0.3) is 0 Å². The maximum Gasteiger partial charge on any atom is 0.261 e. The first kappa shape index (κ1) is 19.3. The van der Waals surface area contributed by atoms with Gasteiger partial charge >= 0.3 is 0 Å². The molecule has 1 amide bonds. The van der Waals surface area contributed by atoms with E-state index in [0.717, 1.165) is 11.8 Å². The maximum atomic E-state index is 12.3. The Kier molecular flexibility index (Phi) is 6.08. The Bertz CT molecular complexity index is 832. The SMILES string of the molecule is C[C@H](Oc1ccc(Cl)cc1)C(=O)N[C@H](C)c1ccc(S(C)(=O)=O)cc1. The molecule has 0 fully saturated rings. The van der Waals surface area contributed by atoms with Gasteiger partial charge in [-0.15, -0.1) is 0 Å². The van der Waals surface area contributed by atoms with Crippen LogP contribution in [-0.2, 0) is 14.6 Å². The Morgan fingerprint density at radius 1 is 1.04 bits per heavy atom. The van der Waals surface area contributed by atoms with Crippen molar-refractivity contribution >= 4 is 27.3 Å². The Morgan fingerprint density at radius 2 is 1.60 bits per heavy atom. The smallest absolute Gasteiger partial charge is 0.261 e. The molecule has 2 aromatic carbocycles. The maximum absolute atomic E-state index is 12.3. The van der Waals surface area contributed by atoms with Crippen molar-refractivity contribution in [3.05, 3.63) is 59.1 Å². The number of halogens is 1. The third-order valence-corrected chi connectivity index (χ3v) is 5.04. The van der Waals surface area contributed by atoms with Crippen molar-refractivity contribution in [1.82, 2.24) is 5.32 Å². The highest BCUT2D eigenvalue weighted by molar-refractivity contribution is 7.90. The highest BCUT2D eigenvalue weighted by atomic mass is 35.5. The average Bonchev–Trinajstić information content (AvgIpc) is 2.56. The van der Waals surface area contributed by atoms with Crippen LogP contribution >= 0.6 is 11.6 Å². The summed E-state index contributed by atoms with van der Waals surface area (Å²) in [4.78, 5) is 12.5. The van der Waals surface area contributed by atoms with Crippen LogP contribution in [0.4, 0.5) is 0 Å². The minimum atomic E-state index is -3.24. The van der Waals surface area contributed by atoms with Gasteiger partial charge in [-0.2, -0.15) is 0 Å². The quantitative estimate of drug-likeness (QED) is 0.832. The molecular formula is C18H20ClNO4S. The summed E-state index contributed by atoms with van der Waals surface area (Å²) in [7, 11) is -3.24. The summed E-state index contributed by atoms with van der Waals surface area (Å²) in [6.07, 6.45) is 0.474. The predicted molar refractivity (Wildman–Crippen MR) is 97.7 cm³/mol. The number of benzene rings is 2. The lowest BCUT2D eigenvalue weighted by Crippen LogP contribution is -2.37. The molecule has 5 nitrogen and oxygen atoms in total. The van der Waals surface area contributed by atoms with Crippen LogP contribution in [0.3, 0.4) is 0 Å². The highest BCUT2D eigenvalue weighted by Gasteiger charge is 2.18. The summed E-state index contributed by atoms with van der Waals surface area (Å²) >= 11 is 5.81. The van der Waals surface area contributed by atoms with Crippen molar-refractivity contribution in [2.75, 3.05) is 6.26 Å². The van der Waals surface area contributed by atoms with E-state index in [1.165, 1.54) is 12.1 Å². The fourth-order valence-electron chi connectivity index (χ4n) is 2.19. The molecule has 2 atom stereocenters. The third kappa shape index (κ3) is 5.47. The fraction of sp³-hybridized carbons (Fsp3) is 0.278. The van der Waals surface area contributed by atoms with Crippen molar-refractivity contribution in [2.24, 2.45) is 0 Å². The van der Waals surface area contributed by atoms with Crippen LogP contribution in [0.1, 0.15) is 25.5 Å². The molecule has 0 bridgehead atoms. The van der Waals surface area contributed by atoms with Gasteiger partial charge < -0.3 is 10.1 Å². The van der Waals surface area contributed by atoms with E-state index in [2.05, 4.69) is 5.32 Å². The number of ether oxygens (including phenoxy) is 1. The van der Waals surface area contributed by atoms with E-state index < -0.39 is 15.9 Å². The van der Waals surface area contributed by atoms with Crippen molar-refractivity contribution in [3.8, 4) is 5.75 Å². The van der Waals surface area contributed by atoms with E-state index in [4.69, 9.17) is 16.3 Å². The molecule has 0 radical (unpaired) electrons. The number of rotatable bonds is 6. The fourth-order valence-corrected chi connectivity index (χ4v) is 2.95. The molecule has 2 aromatic rings. The number of sulfone groups is 1. The van der Waals surface area contributed by atoms with E-state index >= 15 is 0 Å². The Morgan fingerprint density at radius 3 is 2.12 bits per heavy atom. The molecular weight excluding hydrogens is 362 g/mol. The third-order valence-electron chi connectivity index (χ3n) is 3.66. The van der Waals surface area contributed by atoms with Gasteiger partial charge in [-0.3, -0.25) is 4.79 Å². The summed E-state index contributed by atoms with van der Waals surface area (Å²) in [6, 6.07) is 12.9. The number of hydrogen-bond acceptors (Lipinski definition) is 4. The Labute approximate surface area is 152 Å². The minimum absolute atomic E-state index is 0.245. The monoisotopic (exact) mass is 381 g/mol. The summed E-state index contributed by atoms with van der Waals surface area (Å²) in [5, 5.41) is 3.44. The summed E-state index contributed by atoms with van der Waals surface area (Å²) in [5.74, 6) is 0.284. The molecule has 0 aliphatic rings. The predicted octanol–water partition coefficient (Wildman–Crippen LogP) is 3.39. The topological polar surface area (TPSA) is 72.5 Å². The normalized spacial score (nSPS) is 13.8. The number of amides is 1. The number of nitrogens with one attached hydrogen (secondary N) is 1. The van der Waals surface area contributed by atoms with Gasteiger partial charge in [0.15, 0.2) is 15.9 Å². The van der Waals surface area contributed by atoms with Gasteiger partial charge in [0.1, 0.15) is 5.75 Å². The van der Waals surface area contributed by atoms with Gasteiger partial charge in [0.2, 0.25) is 0 Å². The molecule has 0 heterocycles. The summed E-state index contributed by atoms with van der Waals surface area (Å²) in [5.41, 5.74) is 0.805. The van der Waals surface area contributed by atoms with Crippen LogP contribution in [0, 0.1) is 0 Å². The first-order valence-electron chi connectivity index (χ1n) is 7.69. The van der Waals surface area contributed by atoms with Gasteiger partial charge in [0.25, 0.3) is 5.91 Å². The highest BCUT2D eigenvalue weighted by Crippen LogP contribution is 2.18. The summed E-state index contributed by atoms with van der Waals surface area (Å²) < 4.78 is 28.5. The van der Waals surface area contributed by atoms with Crippen LogP contribution in [0.15, 0.2) is 53.4 Å². The lowest BCUT2D eigenvalue weighted by molar-refractivity contribution is -0.127. The second-order valence-corrected chi connectivity index (χ2v) is 8.24. The molecule has 0 aromatic heterocycles. The van der Waals surface area contributed by atoms with E-state index in [-0.39, 0.29) is 16.8 Å². The van der Waals surface area contributed by atoms with Gasteiger partial charge in [0.05, 0.1) is 10.9 Å². The molecule has 0 saturated heterocycles. The zero-order valence-electron chi connectivity index (χ0n) is 14.2. The second kappa shape index (κ2) is 7.89. The lowest BCUT2D eigenvalue weighted by Gasteiger charge is -2.19. The Balaban J connectivity index is 1.97. The van der Waals surface area contributed by atoms with Crippen molar-refractivity contribution in [1.29, 1.82) is 0 Å². The molecule has 134 valence electrons. The van der Waals surface area contributed by atoms with Crippen molar-refractivity contribution in [2.45, 2.75) is 30.9 Å². The molecule has 0 saturated carbocycles. The van der Waals surface area contributed by atoms with E-state index in [0.29, 0.717) is 10.8 Å². The number of hydrogen-bond donors (Lipinski definition) is 1. The van der Waals surface area contributed by atoms with Crippen LogP contribution in [0.2, 0.25) is 5.02 Å². The first-order valence-corrected chi connectivity index (χ1v) is 9.96. The molecule has 0 spiro atoms. The molecule has 25 heavy (non-hydrogen) atoms. The molecule has 0 aliphatic carbocycles. The van der Waals surface area contributed by atoms with Crippen LogP contribution in [0.5, 0.6) is 5.75 Å². The first-order chi connectivity index (χ1) is 11.7. The molecule has 0 unspecified atom stereocenters. The average molecular weight is 382 g/mol.